The number of nitrogens with zero attached hydrogens (tertiary/aromatic N) is 2. The fraction of sp³-hybridized carbons (Fsp3) is 0.375. The molecule has 0 unspecified atom stereocenters. The third-order valence-corrected chi connectivity index (χ3v) is 3.04. The lowest BCUT2D eigenvalue weighted by molar-refractivity contribution is 0.288. The highest BCUT2D eigenvalue weighted by Crippen LogP contribution is 2.07. The van der Waals surface area contributed by atoms with Crippen LogP contribution in [0.15, 0.2) is 42.6 Å². The predicted octanol–water partition coefficient (Wildman–Crippen LogP) is 2.45. The molecule has 0 bridgehead atoms. The normalized spacial score (nSPS) is 10.4. The van der Waals surface area contributed by atoms with E-state index in [1.165, 1.54) is 0 Å². The Balaban J connectivity index is 1.73. The molecule has 0 aromatic carbocycles. The summed E-state index contributed by atoms with van der Waals surface area (Å²) in [5.41, 5.74) is 2.15. The van der Waals surface area contributed by atoms with Gasteiger partial charge < -0.3 is 10.4 Å². The Kier molecular flexibility index (Phi) is 5.99. The zero-order valence-electron chi connectivity index (χ0n) is 11.6. The van der Waals surface area contributed by atoms with Crippen molar-refractivity contribution in [2.45, 2.75) is 25.7 Å². The van der Waals surface area contributed by atoms with Crippen LogP contribution in [-0.4, -0.2) is 28.2 Å². The molecule has 0 aliphatic carbocycles. The van der Waals surface area contributed by atoms with Crippen molar-refractivity contribution in [1.29, 1.82) is 0 Å². The Morgan fingerprint density at radius 2 is 1.80 bits per heavy atom. The van der Waals surface area contributed by atoms with Gasteiger partial charge in [0.25, 0.3) is 0 Å². The van der Waals surface area contributed by atoms with Gasteiger partial charge in [-0.05, 0) is 49.9 Å². The van der Waals surface area contributed by atoms with Gasteiger partial charge in [-0.3, -0.25) is 4.98 Å². The summed E-state index contributed by atoms with van der Waals surface area (Å²) in [6, 6.07) is 12.0. The van der Waals surface area contributed by atoms with E-state index in [1.54, 1.807) is 0 Å². The largest absolute Gasteiger partial charge is 0.396 e. The van der Waals surface area contributed by atoms with Crippen LogP contribution < -0.4 is 5.32 Å². The van der Waals surface area contributed by atoms with Gasteiger partial charge in [-0.1, -0.05) is 12.1 Å². The zero-order chi connectivity index (χ0) is 14.0. The molecule has 106 valence electrons. The number of aromatic nitrogens is 2. The number of hydrogen-bond acceptors (Lipinski definition) is 4. The molecule has 2 heterocycles. The van der Waals surface area contributed by atoms with E-state index >= 15 is 0 Å². The van der Waals surface area contributed by atoms with Gasteiger partial charge in [-0.2, -0.15) is 0 Å². The van der Waals surface area contributed by atoms with Crippen LogP contribution in [0.25, 0.3) is 0 Å². The average molecular weight is 271 g/mol. The van der Waals surface area contributed by atoms with Crippen molar-refractivity contribution in [2.24, 2.45) is 0 Å². The van der Waals surface area contributed by atoms with Crippen molar-refractivity contribution in [3.05, 3.63) is 54.0 Å². The number of pyridine rings is 2. The van der Waals surface area contributed by atoms with Gasteiger partial charge in [0.15, 0.2) is 0 Å². The molecule has 2 aromatic heterocycles. The van der Waals surface area contributed by atoms with E-state index in [1.807, 2.05) is 42.6 Å². The number of anilines is 1. The lowest BCUT2D eigenvalue weighted by Crippen LogP contribution is -2.06. The number of aliphatic hydroxyl groups is 1. The molecular formula is C16H21N3O. The minimum atomic E-state index is 0.212. The van der Waals surface area contributed by atoms with Crippen LogP contribution in [0.4, 0.5) is 5.82 Å². The molecule has 0 aliphatic heterocycles. The maximum Gasteiger partial charge on any atom is 0.126 e. The number of rotatable bonds is 8. The molecule has 0 saturated heterocycles. The van der Waals surface area contributed by atoms with E-state index in [0.29, 0.717) is 0 Å². The van der Waals surface area contributed by atoms with Gasteiger partial charge in [0.05, 0.1) is 0 Å². The summed E-state index contributed by atoms with van der Waals surface area (Å²) < 4.78 is 0. The van der Waals surface area contributed by atoms with E-state index in [2.05, 4.69) is 15.3 Å². The summed E-state index contributed by atoms with van der Waals surface area (Å²) in [6.07, 6.45) is 5.41. The zero-order valence-corrected chi connectivity index (χ0v) is 11.6. The van der Waals surface area contributed by atoms with Crippen LogP contribution in [0.5, 0.6) is 0 Å². The second kappa shape index (κ2) is 8.27. The summed E-state index contributed by atoms with van der Waals surface area (Å²) in [4.78, 5) is 8.82. The highest BCUT2D eigenvalue weighted by molar-refractivity contribution is 5.35. The van der Waals surface area contributed by atoms with Crippen LogP contribution in [0.3, 0.4) is 0 Å². The van der Waals surface area contributed by atoms with Crippen molar-refractivity contribution >= 4 is 5.82 Å². The summed E-state index contributed by atoms with van der Waals surface area (Å²) in [5.74, 6) is 0.904. The summed E-state index contributed by atoms with van der Waals surface area (Å²) in [5, 5.41) is 12.2. The predicted molar refractivity (Wildman–Crippen MR) is 80.7 cm³/mol. The highest BCUT2D eigenvalue weighted by Gasteiger charge is 1.98. The molecule has 20 heavy (non-hydrogen) atoms. The van der Waals surface area contributed by atoms with Gasteiger partial charge in [0, 0.05) is 30.7 Å². The van der Waals surface area contributed by atoms with Crippen molar-refractivity contribution in [2.75, 3.05) is 18.5 Å². The summed E-state index contributed by atoms with van der Waals surface area (Å²) in [6.45, 7) is 1.09. The minimum Gasteiger partial charge on any atom is -0.396 e. The third kappa shape index (κ3) is 4.97. The first-order valence-corrected chi connectivity index (χ1v) is 7.09. The summed E-state index contributed by atoms with van der Waals surface area (Å²) in [7, 11) is 0. The standard InChI is InChI=1S/C16H21N3O/c20-13-5-9-15-7-3-10-16(19-15)18-12-4-8-14-6-1-2-11-17-14/h1-3,6-7,10-11,20H,4-5,8-9,12-13H2,(H,18,19). The van der Waals surface area contributed by atoms with Crippen molar-refractivity contribution < 1.29 is 5.11 Å². The van der Waals surface area contributed by atoms with Crippen molar-refractivity contribution in [3.63, 3.8) is 0 Å². The van der Waals surface area contributed by atoms with Gasteiger partial charge in [0.1, 0.15) is 5.82 Å². The number of hydrogen-bond donors (Lipinski definition) is 2. The minimum absolute atomic E-state index is 0.212. The SMILES string of the molecule is OCCCc1cccc(NCCCc2ccccn2)n1. The quantitative estimate of drug-likeness (QED) is 0.724. The average Bonchev–Trinajstić information content (AvgIpc) is 2.51. The first kappa shape index (κ1) is 14.5. The Bertz CT molecular complexity index is 502. The molecule has 0 aliphatic rings. The van der Waals surface area contributed by atoms with Crippen LogP contribution >= 0.6 is 0 Å². The molecule has 2 aromatic rings. The molecule has 4 nitrogen and oxygen atoms in total. The Labute approximate surface area is 119 Å². The lowest BCUT2D eigenvalue weighted by Gasteiger charge is -2.07. The second-order valence-corrected chi connectivity index (χ2v) is 4.69. The molecule has 2 rings (SSSR count). The van der Waals surface area contributed by atoms with Crippen LogP contribution in [0.2, 0.25) is 0 Å². The lowest BCUT2D eigenvalue weighted by atomic mass is 10.2. The Hall–Kier alpha value is -1.94. The van der Waals surface area contributed by atoms with E-state index in [9.17, 15) is 0 Å². The van der Waals surface area contributed by atoms with Gasteiger partial charge in [0.2, 0.25) is 0 Å². The van der Waals surface area contributed by atoms with Gasteiger partial charge >= 0.3 is 0 Å². The summed E-state index contributed by atoms with van der Waals surface area (Å²) >= 11 is 0. The van der Waals surface area contributed by atoms with E-state index in [-0.39, 0.29) is 6.61 Å². The number of nitrogens with one attached hydrogen (secondary N) is 1. The molecule has 0 fully saturated rings. The van der Waals surface area contributed by atoms with Gasteiger partial charge in [-0.15, -0.1) is 0 Å². The van der Waals surface area contributed by atoms with E-state index < -0.39 is 0 Å². The third-order valence-electron chi connectivity index (χ3n) is 3.04. The van der Waals surface area contributed by atoms with Crippen LogP contribution in [-0.2, 0) is 12.8 Å². The fourth-order valence-electron chi connectivity index (χ4n) is 2.01. The molecule has 0 atom stereocenters. The van der Waals surface area contributed by atoms with E-state index in [4.69, 9.17) is 5.11 Å². The first-order valence-electron chi connectivity index (χ1n) is 7.09. The molecule has 0 amide bonds. The van der Waals surface area contributed by atoms with Crippen LogP contribution in [0, 0.1) is 0 Å². The molecule has 0 spiro atoms. The molecule has 4 heteroatoms. The fourth-order valence-corrected chi connectivity index (χ4v) is 2.01. The topological polar surface area (TPSA) is 58.0 Å². The molecule has 2 N–H and O–H groups in total. The second-order valence-electron chi connectivity index (χ2n) is 4.69. The Morgan fingerprint density at radius 3 is 2.60 bits per heavy atom. The van der Waals surface area contributed by atoms with E-state index in [0.717, 1.165) is 49.4 Å². The highest BCUT2D eigenvalue weighted by atomic mass is 16.2. The smallest absolute Gasteiger partial charge is 0.126 e. The number of aliphatic hydroxyl groups excluding tert-OH is 1. The molecular weight excluding hydrogens is 250 g/mol. The van der Waals surface area contributed by atoms with Crippen molar-refractivity contribution in [3.8, 4) is 0 Å². The molecule has 0 saturated carbocycles. The van der Waals surface area contributed by atoms with Gasteiger partial charge in [-0.25, -0.2) is 4.98 Å². The molecule has 0 radical (unpaired) electrons. The monoisotopic (exact) mass is 271 g/mol. The number of aryl methyl sites for hydroxylation is 2. The maximum absolute atomic E-state index is 8.83. The van der Waals surface area contributed by atoms with Crippen LogP contribution in [0.1, 0.15) is 24.2 Å². The maximum atomic E-state index is 8.83. The first-order chi connectivity index (χ1) is 9.88. The van der Waals surface area contributed by atoms with Crippen molar-refractivity contribution in [1.82, 2.24) is 9.97 Å². The Morgan fingerprint density at radius 1 is 0.950 bits per heavy atom.